The largest absolute Gasteiger partial charge is 0.319 e. The lowest BCUT2D eigenvalue weighted by Gasteiger charge is -2.10. The van der Waals surface area contributed by atoms with Gasteiger partial charge in [0.1, 0.15) is 0 Å². The van der Waals surface area contributed by atoms with Crippen molar-refractivity contribution in [2.45, 2.75) is 46.1 Å². The van der Waals surface area contributed by atoms with Crippen LogP contribution in [0.5, 0.6) is 0 Å². The van der Waals surface area contributed by atoms with E-state index in [1.54, 1.807) is 0 Å². The molecule has 0 bridgehead atoms. The van der Waals surface area contributed by atoms with Crippen LogP contribution in [0.25, 0.3) is 0 Å². The van der Waals surface area contributed by atoms with Crippen molar-refractivity contribution >= 4 is 0 Å². The average molecular weight is 223 g/mol. The van der Waals surface area contributed by atoms with Crippen LogP contribution in [-0.4, -0.2) is 23.4 Å². The maximum atomic E-state index is 4.61. The minimum Gasteiger partial charge on any atom is -0.319 e. The Morgan fingerprint density at radius 1 is 1.44 bits per heavy atom. The maximum Gasteiger partial charge on any atom is 0.0624 e. The Labute approximate surface area is 99.2 Å². The van der Waals surface area contributed by atoms with Crippen LogP contribution in [0.15, 0.2) is 12.3 Å². The smallest absolute Gasteiger partial charge is 0.0624 e. The first kappa shape index (κ1) is 13.2. The van der Waals surface area contributed by atoms with E-state index in [2.05, 4.69) is 48.1 Å². The normalized spacial score (nSPS) is 15.0. The molecule has 92 valence electrons. The van der Waals surface area contributed by atoms with E-state index in [0.29, 0.717) is 6.04 Å². The second-order valence-electron chi connectivity index (χ2n) is 4.75. The molecular formula is C13H25N3. The lowest BCUT2D eigenvalue weighted by molar-refractivity contribution is 0.465. The molecule has 0 fully saturated rings. The molecule has 1 N–H and O–H groups in total. The summed E-state index contributed by atoms with van der Waals surface area (Å²) in [6.45, 7) is 7.77. The first-order valence-electron chi connectivity index (χ1n) is 6.36. The van der Waals surface area contributed by atoms with Gasteiger partial charge in [-0.05, 0) is 51.8 Å². The SMILES string of the molecule is CCC(C)n1ccc(CCC(C)CNC)n1. The quantitative estimate of drug-likeness (QED) is 0.770. The van der Waals surface area contributed by atoms with Gasteiger partial charge in [-0.15, -0.1) is 0 Å². The molecule has 0 aromatic carbocycles. The van der Waals surface area contributed by atoms with Gasteiger partial charge in [0.05, 0.1) is 5.69 Å². The Morgan fingerprint density at radius 2 is 2.19 bits per heavy atom. The minimum atomic E-state index is 0.517. The van der Waals surface area contributed by atoms with Gasteiger partial charge < -0.3 is 5.32 Å². The highest BCUT2D eigenvalue weighted by atomic mass is 15.3. The number of nitrogens with one attached hydrogen (secondary N) is 1. The van der Waals surface area contributed by atoms with Crippen LogP contribution >= 0.6 is 0 Å². The van der Waals surface area contributed by atoms with Gasteiger partial charge in [-0.1, -0.05) is 13.8 Å². The van der Waals surface area contributed by atoms with E-state index in [-0.39, 0.29) is 0 Å². The van der Waals surface area contributed by atoms with Crippen LogP contribution in [0.4, 0.5) is 0 Å². The molecule has 0 aliphatic heterocycles. The molecule has 0 saturated carbocycles. The maximum absolute atomic E-state index is 4.61. The fourth-order valence-corrected chi connectivity index (χ4v) is 1.79. The van der Waals surface area contributed by atoms with E-state index >= 15 is 0 Å². The van der Waals surface area contributed by atoms with Crippen molar-refractivity contribution in [1.82, 2.24) is 15.1 Å². The molecule has 3 nitrogen and oxygen atoms in total. The van der Waals surface area contributed by atoms with Crippen LogP contribution in [0.1, 0.15) is 45.3 Å². The van der Waals surface area contributed by atoms with E-state index in [1.807, 2.05) is 7.05 Å². The molecule has 3 heteroatoms. The lowest BCUT2D eigenvalue weighted by atomic mass is 10.0. The zero-order valence-corrected chi connectivity index (χ0v) is 11.0. The number of rotatable bonds is 7. The van der Waals surface area contributed by atoms with Crippen LogP contribution < -0.4 is 5.32 Å². The summed E-state index contributed by atoms with van der Waals surface area (Å²) in [4.78, 5) is 0. The highest BCUT2D eigenvalue weighted by Gasteiger charge is 2.06. The van der Waals surface area contributed by atoms with E-state index in [9.17, 15) is 0 Å². The van der Waals surface area contributed by atoms with Crippen LogP contribution in [-0.2, 0) is 6.42 Å². The summed E-state index contributed by atoms with van der Waals surface area (Å²) in [6, 6.07) is 2.67. The Hall–Kier alpha value is -0.830. The summed E-state index contributed by atoms with van der Waals surface area (Å²) >= 11 is 0. The Kier molecular flexibility index (Phi) is 5.53. The van der Waals surface area contributed by atoms with E-state index in [0.717, 1.165) is 25.3 Å². The van der Waals surface area contributed by atoms with Crippen molar-refractivity contribution < 1.29 is 0 Å². The molecule has 0 radical (unpaired) electrons. The predicted octanol–water partition coefficient (Wildman–Crippen LogP) is 2.64. The van der Waals surface area contributed by atoms with Crippen LogP contribution in [0, 0.1) is 5.92 Å². The molecule has 2 unspecified atom stereocenters. The molecule has 0 spiro atoms. The van der Waals surface area contributed by atoms with Crippen molar-refractivity contribution in [2.75, 3.05) is 13.6 Å². The first-order valence-corrected chi connectivity index (χ1v) is 6.36. The molecule has 1 aromatic heterocycles. The second kappa shape index (κ2) is 6.69. The molecule has 1 aromatic rings. The summed E-state index contributed by atoms with van der Waals surface area (Å²) in [5.74, 6) is 0.721. The van der Waals surface area contributed by atoms with Gasteiger partial charge in [0, 0.05) is 12.2 Å². The molecule has 0 aliphatic carbocycles. The fraction of sp³-hybridized carbons (Fsp3) is 0.769. The van der Waals surface area contributed by atoms with Crippen molar-refractivity contribution in [3.05, 3.63) is 18.0 Å². The molecule has 1 heterocycles. The van der Waals surface area contributed by atoms with Gasteiger partial charge in [0.2, 0.25) is 0 Å². The predicted molar refractivity (Wildman–Crippen MR) is 68.6 cm³/mol. The summed E-state index contributed by atoms with van der Waals surface area (Å²) in [6.07, 6.45) is 5.54. The zero-order valence-electron chi connectivity index (χ0n) is 11.0. The number of nitrogens with zero attached hydrogens (tertiary/aromatic N) is 2. The number of hydrogen-bond acceptors (Lipinski definition) is 2. The van der Waals surface area contributed by atoms with E-state index in [1.165, 1.54) is 12.1 Å². The monoisotopic (exact) mass is 223 g/mol. The standard InChI is InChI=1S/C13H25N3/c1-5-12(3)16-9-8-13(15-16)7-6-11(2)10-14-4/h8-9,11-12,14H,5-7,10H2,1-4H3. The summed E-state index contributed by atoms with van der Waals surface area (Å²) in [5, 5.41) is 7.82. The van der Waals surface area contributed by atoms with Gasteiger partial charge >= 0.3 is 0 Å². The third-order valence-electron chi connectivity index (χ3n) is 3.15. The fourth-order valence-electron chi connectivity index (χ4n) is 1.79. The van der Waals surface area contributed by atoms with Crippen molar-refractivity contribution in [3.63, 3.8) is 0 Å². The Morgan fingerprint density at radius 3 is 2.81 bits per heavy atom. The number of aryl methyl sites for hydroxylation is 1. The summed E-state index contributed by atoms with van der Waals surface area (Å²) < 4.78 is 2.08. The van der Waals surface area contributed by atoms with Gasteiger partial charge in [-0.3, -0.25) is 4.68 Å². The topological polar surface area (TPSA) is 29.9 Å². The van der Waals surface area contributed by atoms with Gasteiger partial charge in [-0.25, -0.2) is 0 Å². The van der Waals surface area contributed by atoms with E-state index in [4.69, 9.17) is 0 Å². The summed E-state index contributed by atoms with van der Waals surface area (Å²) in [7, 11) is 2.01. The van der Waals surface area contributed by atoms with Crippen LogP contribution in [0.2, 0.25) is 0 Å². The average Bonchev–Trinajstić information content (AvgIpc) is 2.74. The highest BCUT2D eigenvalue weighted by molar-refractivity contribution is 4.99. The minimum absolute atomic E-state index is 0.517. The van der Waals surface area contributed by atoms with Crippen molar-refractivity contribution in [2.24, 2.45) is 5.92 Å². The lowest BCUT2D eigenvalue weighted by Crippen LogP contribution is -2.16. The molecular weight excluding hydrogens is 198 g/mol. The highest BCUT2D eigenvalue weighted by Crippen LogP contribution is 2.12. The molecule has 16 heavy (non-hydrogen) atoms. The molecule has 0 aliphatic rings. The van der Waals surface area contributed by atoms with Crippen molar-refractivity contribution in [3.8, 4) is 0 Å². The molecule has 0 saturated heterocycles. The third-order valence-corrected chi connectivity index (χ3v) is 3.15. The van der Waals surface area contributed by atoms with Crippen LogP contribution in [0.3, 0.4) is 0 Å². The van der Waals surface area contributed by atoms with Gasteiger partial charge in [-0.2, -0.15) is 5.10 Å². The molecule has 0 amide bonds. The third kappa shape index (κ3) is 3.97. The van der Waals surface area contributed by atoms with E-state index < -0.39 is 0 Å². The first-order chi connectivity index (χ1) is 7.67. The zero-order chi connectivity index (χ0) is 12.0. The second-order valence-corrected chi connectivity index (χ2v) is 4.75. The Balaban J connectivity index is 2.40. The summed E-state index contributed by atoms with van der Waals surface area (Å²) in [5.41, 5.74) is 1.23. The molecule has 2 atom stereocenters. The van der Waals surface area contributed by atoms with Gasteiger partial charge in [0.15, 0.2) is 0 Å². The van der Waals surface area contributed by atoms with Gasteiger partial charge in [0.25, 0.3) is 0 Å². The van der Waals surface area contributed by atoms with Crippen molar-refractivity contribution in [1.29, 1.82) is 0 Å². The molecule has 1 rings (SSSR count). The number of hydrogen-bond donors (Lipinski definition) is 1. The number of aromatic nitrogens is 2. The Bertz CT molecular complexity index is 293.